The molecular formula is C20H23N3O6S2. The molecule has 166 valence electrons. The number of carbonyl (C=O) groups excluding carboxylic acids is 1. The van der Waals surface area contributed by atoms with Crippen molar-refractivity contribution in [3.05, 3.63) is 58.1 Å². The zero-order valence-corrected chi connectivity index (χ0v) is 18.8. The van der Waals surface area contributed by atoms with Gasteiger partial charge in [-0.3, -0.25) is 14.9 Å². The van der Waals surface area contributed by atoms with Gasteiger partial charge in [0.2, 0.25) is 10.0 Å². The Morgan fingerprint density at radius 1 is 1.13 bits per heavy atom. The van der Waals surface area contributed by atoms with E-state index in [0.717, 1.165) is 0 Å². The molecule has 0 atom stereocenters. The van der Waals surface area contributed by atoms with E-state index in [1.165, 1.54) is 39.2 Å². The quantitative estimate of drug-likeness (QED) is 0.351. The van der Waals surface area contributed by atoms with E-state index in [9.17, 15) is 23.3 Å². The average molecular weight is 466 g/mol. The van der Waals surface area contributed by atoms with Crippen LogP contribution in [0.25, 0.3) is 0 Å². The van der Waals surface area contributed by atoms with Gasteiger partial charge in [0.1, 0.15) is 5.75 Å². The molecule has 1 aliphatic heterocycles. The molecule has 0 bridgehead atoms. The Morgan fingerprint density at radius 3 is 2.32 bits per heavy atom. The molecule has 0 saturated carbocycles. The van der Waals surface area contributed by atoms with Gasteiger partial charge in [-0.25, -0.2) is 8.42 Å². The third-order valence-electron chi connectivity index (χ3n) is 4.92. The number of nitrogens with zero attached hydrogens (tertiary/aromatic N) is 3. The maximum atomic E-state index is 12.9. The highest BCUT2D eigenvalue weighted by molar-refractivity contribution is 7.98. The third kappa shape index (κ3) is 5.00. The van der Waals surface area contributed by atoms with Crippen LogP contribution in [0.3, 0.4) is 0 Å². The minimum Gasteiger partial charge on any atom is -0.494 e. The molecule has 1 saturated heterocycles. The molecule has 0 aliphatic carbocycles. The second-order valence-corrected chi connectivity index (χ2v) is 9.53. The van der Waals surface area contributed by atoms with Gasteiger partial charge in [-0.1, -0.05) is 0 Å². The predicted molar refractivity (Wildman–Crippen MR) is 117 cm³/mol. The number of thioether (sulfide) groups is 1. The molecule has 1 aliphatic rings. The lowest BCUT2D eigenvalue weighted by atomic mass is 10.1. The Kier molecular flexibility index (Phi) is 7.19. The molecule has 0 aromatic heterocycles. The number of ether oxygens (including phenoxy) is 1. The van der Waals surface area contributed by atoms with Crippen LogP contribution in [0, 0.1) is 10.1 Å². The van der Waals surface area contributed by atoms with E-state index >= 15 is 0 Å². The standard InChI is InChI=1S/C20H23N3O6S2/c1-3-29-16-5-7-17(8-6-16)31(27,28)22-12-10-21(11-13-22)20(24)15-4-9-19(30-2)18(14-15)23(25)26/h4-9,14H,3,10-13H2,1-2H3. The van der Waals surface area contributed by atoms with Crippen LogP contribution in [0.5, 0.6) is 5.75 Å². The number of rotatable bonds is 7. The van der Waals surface area contributed by atoms with E-state index < -0.39 is 14.9 Å². The average Bonchev–Trinajstić information content (AvgIpc) is 2.78. The van der Waals surface area contributed by atoms with Gasteiger partial charge in [0, 0.05) is 37.8 Å². The first-order chi connectivity index (χ1) is 14.8. The van der Waals surface area contributed by atoms with Crippen LogP contribution >= 0.6 is 11.8 Å². The van der Waals surface area contributed by atoms with Gasteiger partial charge in [-0.2, -0.15) is 4.31 Å². The zero-order valence-electron chi connectivity index (χ0n) is 17.2. The largest absolute Gasteiger partial charge is 0.494 e. The molecule has 0 radical (unpaired) electrons. The second-order valence-electron chi connectivity index (χ2n) is 6.74. The third-order valence-corrected chi connectivity index (χ3v) is 7.62. The highest BCUT2D eigenvalue weighted by Gasteiger charge is 2.31. The predicted octanol–water partition coefficient (Wildman–Crippen LogP) is 2.86. The number of nitro groups is 1. The van der Waals surface area contributed by atoms with E-state index in [0.29, 0.717) is 17.3 Å². The van der Waals surface area contributed by atoms with Gasteiger partial charge in [0.15, 0.2) is 0 Å². The maximum Gasteiger partial charge on any atom is 0.283 e. The Labute approximate surface area is 185 Å². The topological polar surface area (TPSA) is 110 Å². The van der Waals surface area contributed by atoms with E-state index in [1.54, 1.807) is 30.5 Å². The van der Waals surface area contributed by atoms with Gasteiger partial charge in [-0.15, -0.1) is 11.8 Å². The monoisotopic (exact) mass is 465 g/mol. The molecule has 0 spiro atoms. The van der Waals surface area contributed by atoms with Crippen LogP contribution in [-0.2, 0) is 10.0 Å². The molecule has 31 heavy (non-hydrogen) atoms. The molecule has 9 nitrogen and oxygen atoms in total. The van der Waals surface area contributed by atoms with Crippen molar-refractivity contribution in [1.29, 1.82) is 0 Å². The van der Waals surface area contributed by atoms with Crippen molar-refractivity contribution in [3.8, 4) is 5.75 Å². The van der Waals surface area contributed by atoms with Crippen molar-refractivity contribution in [2.24, 2.45) is 0 Å². The number of hydrogen-bond donors (Lipinski definition) is 0. The minimum absolute atomic E-state index is 0.116. The SMILES string of the molecule is CCOc1ccc(S(=O)(=O)N2CCN(C(=O)c3ccc(SC)c([N+](=O)[O-])c3)CC2)cc1. The lowest BCUT2D eigenvalue weighted by molar-refractivity contribution is -0.387. The first-order valence-corrected chi connectivity index (χ1v) is 12.3. The normalized spacial score (nSPS) is 15.0. The van der Waals surface area contributed by atoms with Crippen molar-refractivity contribution >= 4 is 33.4 Å². The van der Waals surface area contributed by atoms with E-state index in [4.69, 9.17) is 4.74 Å². The summed E-state index contributed by atoms with van der Waals surface area (Å²) in [5, 5.41) is 11.3. The van der Waals surface area contributed by atoms with E-state index in [1.807, 2.05) is 6.92 Å². The summed E-state index contributed by atoms with van der Waals surface area (Å²) in [5.74, 6) is 0.243. The fraction of sp³-hybridized carbons (Fsp3) is 0.350. The zero-order chi connectivity index (χ0) is 22.6. The summed E-state index contributed by atoms with van der Waals surface area (Å²) in [6, 6.07) is 10.6. The molecule has 1 amide bonds. The van der Waals surface area contributed by atoms with E-state index in [-0.39, 0.29) is 48.2 Å². The Bertz CT molecular complexity index is 1060. The van der Waals surface area contributed by atoms with Crippen molar-refractivity contribution < 1.29 is 22.9 Å². The lowest BCUT2D eigenvalue weighted by Gasteiger charge is -2.34. The van der Waals surface area contributed by atoms with Crippen LogP contribution < -0.4 is 4.74 Å². The number of hydrogen-bond acceptors (Lipinski definition) is 7. The fourth-order valence-electron chi connectivity index (χ4n) is 3.30. The summed E-state index contributed by atoms with van der Waals surface area (Å²) >= 11 is 1.24. The molecule has 1 fully saturated rings. The molecule has 2 aromatic rings. The molecule has 0 unspecified atom stereocenters. The molecule has 1 heterocycles. The van der Waals surface area contributed by atoms with Crippen LogP contribution in [0.4, 0.5) is 5.69 Å². The maximum absolute atomic E-state index is 12.9. The number of carbonyl (C=O) groups is 1. The highest BCUT2D eigenvalue weighted by atomic mass is 32.2. The number of sulfonamides is 1. The summed E-state index contributed by atoms with van der Waals surface area (Å²) in [6.45, 7) is 3.03. The van der Waals surface area contributed by atoms with Crippen molar-refractivity contribution in [1.82, 2.24) is 9.21 Å². The van der Waals surface area contributed by atoms with Gasteiger partial charge in [0.25, 0.3) is 11.6 Å². The van der Waals surface area contributed by atoms with Gasteiger partial charge in [0.05, 0.1) is 21.3 Å². The Balaban J connectivity index is 1.69. The number of amides is 1. The second kappa shape index (κ2) is 9.67. The van der Waals surface area contributed by atoms with Crippen molar-refractivity contribution in [3.63, 3.8) is 0 Å². The summed E-state index contributed by atoms with van der Waals surface area (Å²) in [6.07, 6.45) is 1.73. The van der Waals surface area contributed by atoms with Crippen molar-refractivity contribution in [2.45, 2.75) is 16.7 Å². The summed E-state index contributed by atoms with van der Waals surface area (Å²) < 4.78 is 32.5. The van der Waals surface area contributed by atoms with Crippen LogP contribution in [-0.4, -0.2) is 67.5 Å². The first kappa shape index (κ1) is 23.0. The Hall–Kier alpha value is -2.63. The number of benzene rings is 2. The highest BCUT2D eigenvalue weighted by Crippen LogP contribution is 2.29. The molecule has 2 aromatic carbocycles. The molecular weight excluding hydrogens is 442 g/mol. The summed E-state index contributed by atoms with van der Waals surface area (Å²) in [4.78, 5) is 25.7. The smallest absolute Gasteiger partial charge is 0.283 e. The molecule has 3 rings (SSSR count). The van der Waals surface area contributed by atoms with Gasteiger partial charge in [-0.05, 0) is 49.6 Å². The summed E-state index contributed by atoms with van der Waals surface area (Å²) in [5.41, 5.74) is 0.0994. The fourth-order valence-corrected chi connectivity index (χ4v) is 5.27. The first-order valence-electron chi connectivity index (χ1n) is 9.62. The van der Waals surface area contributed by atoms with Crippen LogP contribution in [0.15, 0.2) is 52.3 Å². The van der Waals surface area contributed by atoms with Crippen molar-refractivity contribution in [2.75, 3.05) is 39.0 Å². The summed E-state index contributed by atoms with van der Waals surface area (Å²) in [7, 11) is -3.69. The van der Waals surface area contributed by atoms with E-state index in [2.05, 4.69) is 0 Å². The minimum atomic E-state index is -3.69. The van der Waals surface area contributed by atoms with Gasteiger partial charge < -0.3 is 9.64 Å². The number of piperazine rings is 1. The van der Waals surface area contributed by atoms with Gasteiger partial charge >= 0.3 is 0 Å². The molecule has 11 heteroatoms. The molecule has 0 N–H and O–H groups in total. The van der Waals surface area contributed by atoms with Crippen LogP contribution in [0.2, 0.25) is 0 Å². The number of nitro benzene ring substituents is 1. The lowest BCUT2D eigenvalue weighted by Crippen LogP contribution is -2.50. The van der Waals surface area contributed by atoms with Crippen LogP contribution in [0.1, 0.15) is 17.3 Å². The Morgan fingerprint density at radius 2 is 1.77 bits per heavy atom.